The molecule has 2 heterocycles. The molecule has 1 aromatic heterocycles. The lowest BCUT2D eigenvalue weighted by atomic mass is 10.1. The Bertz CT molecular complexity index is 1050. The average molecular weight is 401 g/mol. The van der Waals surface area contributed by atoms with Crippen molar-refractivity contribution < 1.29 is 4.79 Å². The molecule has 5 nitrogen and oxygen atoms in total. The highest BCUT2D eigenvalue weighted by Crippen LogP contribution is 2.26. The molecule has 154 valence electrons. The summed E-state index contributed by atoms with van der Waals surface area (Å²) in [7, 11) is 0. The van der Waals surface area contributed by atoms with Gasteiger partial charge in [-0.3, -0.25) is 4.79 Å². The summed E-state index contributed by atoms with van der Waals surface area (Å²) in [6.07, 6.45) is 3.37. The van der Waals surface area contributed by atoms with Crippen molar-refractivity contribution in [2.75, 3.05) is 42.9 Å². The number of likely N-dealkylation sites (N-methyl/N-ethyl adjacent to an activating group) is 1. The van der Waals surface area contributed by atoms with E-state index in [0.717, 1.165) is 60.7 Å². The van der Waals surface area contributed by atoms with Crippen molar-refractivity contribution in [3.8, 4) is 0 Å². The minimum Gasteiger partial charge on any atom is -0.354 e. The maximum Gasteiger partial charge on any atom is 0.248 e. The summed E-state index contributed by atoms with van der Waals surface area (Å²) in [5.74, 6) is 0.925. The van der Waals surface area contributed by atoms with Gasteiger partial charge >= 0.3 is 0 Å². The number of hydrogen-bond donors (Lipinski definition) is 1. The third-order valence-corrected chi connectivity index (χ3v) is 5.59. The molecule has 5 heteroatoms. The summed E-state index contributed by atoms with van der Waals surface area (Å²) < 4.78 is 0. The second-order valence-electron chi connectivity index (χ2n) is 7.69. The van der Waals surface area contributed by atoms with Gasteiger partial charge in [0.05, 0.1) is 5.52 Å². The predicted molar refractivity (Wildman–Crippen MR) is 125 cm³/mol. The highest BCUT2D eigenvalue weighted by Gasteiger charge is 2.18. The quantitative estimate of drug-likeness (QED) is 0.648. The van der Waals surface area contributed by atoms with Gasteiger partial charge in [-0.1, -0.05) is 37.3 Å². The lowest BCUT2D eigenvalue weighted by molar-refractivity contribution is -0.111. The zero-order valence-electron chi connectivity index (χ0n) is 17.6. The number of anilines is 2. The largest absolute Gasteiger partial charge is 0.354 e. The first kappa shape index (κ1) is 20.1. The van der Waals surface area contributed by atoms with E-state index in [9.17, 15) is 4.79 Å². The van der Waals surface area contributed by atoms with Gasteiger partial charge in [-0.2, -0.15) is 0 Å². The highest BCUT2D eigenvalue weighted by atomic mass is 16.1. The van der Waals surface area contributed by atoms with Gasteiger partial charge in [-0.05, 0) is 54.9 Å². The van der Waals surface area contributed by atoms with E-state index in [4.69, 9.17) is 4.98 Å². The molecule has 1 aliphatic heterocycles. The Morgan fingerprint density at radius 1 is 1.07 bits per heavy atom. The molecule has 30 heavy (non-hydrogen) atoms. The number of piperazine rings is 1. The predicted octanol–water partition coefficient (Wildman–Crippen LogP) is 4.34. The third kappa shape index (κ3) is 4.69. The van der Waals surface area contributed by atoms with Crippen molar-refractivity contribution in [1.29, 1.82) is 0 Å². The number of aryl methyl sites for hydroxylation is 1. The molecule has 0 bridgehead atoms. The van der Waals surface area contributed by atoms with Crippen LogP contribution in [0.25, 0.3) is 17.0 Å². The Balaban J connectivity index is 1.48. The minimum absolute atomic E-state index is 0.145. The molecule has 1 N–H and O–H groups in total. The van der Waals surface area contributed by atoms with Gasteiger partial charge in [0.15, 0.2) is 0 Å². The molecule has 1 aliphatic rings. The number of pyridine rings is 1. The zero-order valence-corrected chi connectivity index (χ0v) is 17.6. The standard InChI is InChI=1S/C25H28N4O/c1-3-28-13-15-29(16-14-28)25-19(2)17-21-18-22(10-11-23(21)27-25)26-24(30)12-9-20-7-5-4-6-8-20/h4-12,17-18H,3,13-16H2,1-2H3,(H,26,30)/b12-9-. The molecule has 0 saturated carbocycles. The normalized spacial score (nSPS) is 15.1. The fraction of sp³-hybridized carbons (Fsp3) is 0.280. The van der Waals surface area contributed by atoms with Crippen LogP contribution in [0.3, 0.4) is 0 Å². The molecule has 2 aromatic carbocycles. The smallest absolute Gasteiger partial charge is 0.248 e. The topological polar surface area (TPSA) is 48.5 Å². The summed E-state index contributed by atoms with van der Waals surface area (Å²) >= 11 is 0. The molecule has 1 amide bonds. The van der Waals surface area contributed by atoms with Crippen LogP contribution < -0.4 is 10.2 Å². The van der Waals surface area contributed by atoms with Crippen LogP contribution in [0.4, 0.5) is 11.5 Å². The van der Waals surface area contributed by atoms with Crippen molar-refractivity contribution in [2.45, 2.75) is 13.8 Å². The number of amides is 1. The maximum atomic E-state index is 12.3. The van der Waals surface area contributed by atoms with E-state index >= 15 is 0 Å². The van der Waals surface area contributed by atoms with Crippen LogP contribution in [0.15, 0.2) is 60.7 Å². The van der Waals surface area contributed by atoms with Crippen LogP contribution in [-0.2, 0) is 4.79 Å². The molecule has 3 aromatic rings. The van der Waals surface area contributed by atoms with Crippen LogP contribution >= 0.6 is 0 Å². The Hall–Kier alpha value is -3.18. The van der Waals surface area contributed by atoms with Crippen LogP contribution in [0, 0.1) is 6.92 Å². The fourth-order valence-electron chi connectivity index (χ4n) is 3.87. The van der Waals surface area contributed by atoms with Gasteiger partial charge < -0.3 is 15.1 Å². The number of aromatic nitrogens is 1. The van der Waals surface area contributed by atoms with Crippen molar-refractivity contribution >= 4 is 34.4 Å². The first-order valence-electron chi connectivity index (χ1n) is 10.5. The monoisotopic (exact) mass is 400 g/mol. The Labute approximate surface area is 178 Å². The summed E-state index contributed by atoms with van der Waals surface area (Å²) in [4.78, 5) is 22.0. The molecule has 1 fully saturated rings. The van der Waals surface area contributed by atoms with Crippen LogP contribution in [0.1, 0.15) is 18.1 Å². The van der Waals surface area contributed by atoms with Crippen LogP contribution in [0.5, 0.6) is 0 Å². The van der Waals surface area contributed by atoms with Crippen LogP contribution in [-0.4, -0.2) is 48.5 Å². The summed E-state index contributed by atoms with van der Waals surface area (Å²) in [6, 6.07) is 17.8. The Kier molecular flexibility index (Phi) is 6.10. The summed E-state index contributed by atoms with van der Waals surface area (Å²) in [5, 5.41) is 3.98. The number of fused-ring (bicyclic) bond motifs is 1. The van der Waals surface area contributed by atoms with E-state index in [-0.39, 0.29) is 5.91 Å². The Morgan fingerprint density at radius 2 is 1.83 bits per heavy atom. The Morgan fingerprint density at radius 3 is 2.57 bits per heavy atom. The van der Waals surface area contributed by atoms with E-state index in [1.54, 1.807) is 6.08 Å². The number of hydrogen-bond acceptors (Lipinski definition) is 4. The third-order valence-electron chi connectivity index (χ3n) is 5.59. The van der Waals surface area contributed by atoms with Gasteiger partial charge in [-0.15, -0.1) is 0 Å². The molecule has 0 aliphatic carbocycles. The van der Waals surface area contributed by atoms with E-state index in [2.05, 4.69) is 35.0 Å². The summed E-state index contributed by atoms with van der Waals surface area (Å²) in [6.45, 7) is 9.61. The van der Waals surface area contributed by atoms with Crippen molar-refractivity contribution in [3.05, 3.63) is 71.8 Å². The summed E-state index contributed by atoms with van der Waals surface area (Å²) in [5.41, 5.74) is 3.89. The van der Waals surface area contributed by atoms with E-state index in [0.29, 0.717) is 0 Å². The van der Waals surface area contributed by atoms with Crippen molar-refractivity contribution in [2.24, 2.45) is 0 Å². The number of benzene rings is 2. The van der Waals surface area contributed by atoms with E-state index in [1.807, 2.05) is 54.6 Å². The molecule has 0 spiro atoms. The zero-order chi connectivity index (χ0) is 20.9. The van der Waals surface area contributed by atoms with Gasteiger partial charge in [0.2, 0.25) is 5.91 Å². The lowest BCUT2D eigenvalue weighted by Crippen LogP contribution is -2.46. The molecule has 0 atom stereocenters. The van der Waals surface area contributed by atoms with E-state index in [1.165, 1.54) is 5.56 Å². The molecule has 1 saturated heterocycles. The second kappa shape index (κ2) is 9.09. The molecular weight excluding hydrogens is 372 g/mol. The molecule has 4 rings (SSSR count). The number of carbonyl (C=O) groups excluding carboxylic acids is 1. The number of nitrogens with one attached hydrogen (secondary N) is 1. The SMILES string of the molecule is CCN1CCN(c2nc3ccc(NC(=O)/C=C\c4ccccc4)cc3cc2C)CC1. The molecular formula is C25H28N4O. The maximum absolute atomic E-state index is 12.3. The number of nitrogens with zero attached hydrogens (tertiary/aromatic N) is 3. The highest BCUT2D eigenvalue weighted by molar-refractivity contribution is 6.03. The fourth-order valence-corrected chi connectivity index (χ4v) is 3.87. The lowest BCUT2D eigenvalue weighted by Gasteiger charge is -2.35. The number of rotatable bonds is 5. The van der Waals surface area contributed by atoms with Gasteiger partial charge in [0, 0.05) is 43.3 Å². The van der Waals surface area contributed by atoms with Crippen molar-refractivity contribution in [3.63, 3.8) is 0 Å². The van der Waals surface area contributed by atoms with Gasteiger partial charge in [0.1, 0.15) is 5.82 Å². The van der Waals surface area contributed by atoms with E-state index < -0.39 is 0 Å². The minimum atomic E-state index is -0.145. The number of carbonyl (C=O) groups is 1. The second-order valence-corrected chi connectivity index (χ2v) is 7.69. The average Bonchev–Trinajstić information content (AvgIpc) is 2.78. The van der Waals surface area contributed by atoms with Gasteiger partial charge in [0.25, 0.3) is 0 Å². The van der Waals surface area contributed by atoms with Crippen molar-refractivity contribution in [1.82, 2.24) is 9.88 Å². The molecule has 0 radical (unpaired) electrons. The first-order chi connectivity index (χ1) is 14.6. The van der Waals surface area contributed by atoms with Crippen LogP contribution in [0.2, 0.25) is 0 Å². The van der Waals surface area contributed by atoms with Gasteiger partial charge in [-0.25, -0.2) is 4.98 Å². The molecule has 0 unspecified atom stereocenters. The first-order valence-corrected chi connectivity index (χ1v) is 10.5.